The van der Waals surface area contributed by atoms with E-state index in [1.165, 1.54) is 0 Å². The predicted octanol–water partition coefficient (Wildman–Crippen LogP) is 2.56. The number of hydrogen-bond acceptors (Lipinski definition) is 2. The molecule has 0 radical (unpaired) electrons. The Balaban J connectivity index is 2.54. The van der Waals surface area contributed by atoms with Gasteiger partial charge in [-0.05, 0) is 31.4 Å². The minimum absolute atomic E-state index is 0.0986. The van der Waals surface area contributed by atoms with Crippen molar-refractivity contribution in [3.8, 4) is 0 Å². The molecule has 0 amide bonds. The molecule has 2 atom stereocenters. The van der Waals surface area contributed by atoms with Crippen molar-refractivity contribution in [3.05, 3.63) is 23.3 Å². The summed E-state index contributed by atoms with van der Waals surface area (Å²) in [5.74, 6) is 0. The third kappa shape index (κ3) is 3.98. The first-order valence-electron chi connectivity index (χ1n) is 5.12. The molecule has 1 rings (SSSR count). The normalized spacial score (nSPS) is 23.8. The van der Waals surface area contributed by atoms with Crippen LogP contribution >= 0.6 is 0 Å². The van der Waals surface area contributed by atoms with Crippen LogP contribution in [0.1, 0.15) is 20.3 Å². The SMILES string of the molecule is CC1=CC(C(C)N)=CCC1OCC(F)(F)F. The average Bonchev–Trinajstić information content (AvgIpc) is 2.14. The lowest BCUT2D eigenvalue weighted by atomic mass is 9.94. The topological polar surface area (TPSA) is 35.2 Å². The zero-order valence-electron chi connectivity index (χ0n) is 9.34. The number of alkyl halides is 3. The monoisotopic (exact) mass is 235 g/mol. The van der Waals surface area contributed by atoms with Gasteiger partial charge in [-0.3, -0.25) is 0 Å². The maximum absolute atomic E-state index is 12.0. The molecule has 0 fully saturated rings. The van der Waals surface area contributed by atoms with Crippen LogP contribution in [0.3, 0.4) is 0 Å². The maximum atomic E-state index is 12.0. The summed E-state index contributed by atoms with van der Waals surface area (Å²) in [6, 6.07) is -0.0986. The summed E-state index contributed by atoms with van der Waals surface area (Å²) in [5, 5.41) is 0. The second kappa shape index (κ2) is 5.01. The van der Waals surface area contributed by atoms with Gasteiger partial charge in [-0.1, -0.05) is 12.2 Å². The number of nitrogens with two attached hydrogens (primary N) is 1. The van der Waals surface area contributed by atoms with Gasteiger partial charge in [0.15, 0.2) is 0 Å². The molecule has 2 nitrogen and oxygen atoms in total. The van der Waals surface area contributed by atoms with Gasteiger partial charge in [0, 0.05) is 6.04 Å². The molecule has 0 saturated carbocycles. The van der Waals surface area contributed by atoms with Crippen molar-refractivity contribution < 1.29 is 17.9 Å². The molecule has 16 heavy (non-hydrogen) atoms. The van der Waals surface area contributed by atoms with Crippen LogP contribution in [0.2, 0.25) is 0 Å². The zero-order chi connectivity index (χ0) is 12.3. The molecule has 0 saturated heterocycles. The Bertz CT molecular complexity index is 305. The molecule has 92 valence electrons. The van der Waals surface area contributed by atoms with E-state index in [1.807, 2.05) is 13.0 Å². The molecule has 1 aliphatic carbocycles. The van der Waals surface area contributed by atoms with Gasteiger partial charge in [0.2, 0.25) is 0 Å². The van der Waals surface area contributed by atoms with Crippen LogP contribution in [0.15, 0.2) is 23.3 Å². The van der Waals surface area contributed by atoms with Gasteiger partial charge in [-0.25, -0.2) is 0 Å². The summed E-state index contributed by atoms with van der Waals surface area (Å²) in [5.41, 5.74) is 7.42. The third-order valence-corrected chi connectivity index (χ3v) is 2.44. The van der Waals surface area contributed by atoms with Crippen LogP contribution in [-0.2, 0) is 4.74 Å². The van der Waals surface area contributed by atoms with E-state index < -0.39 is 18.9 Å². The first kappa shape index (κ1) is 13.3. The number of hydrogen-bond donors (Lipinski definition) is 1. The molecular weight excluding hydrogens is 219 g/mol. The van der Waals surface area contributed by atoms with Crippen LogP contribution in [0.5, 0.6) is 0 Å². The van der Waals surface area contributed by atoms with Gasteiger partial charge in [-0.2, -0.15) is 13.2 Å². The standard InChI is InChI=1S/C11H16F3NO/c1-7-5-9(8(2)15)3-4-10(7)16-6-11(12,13)14/h3,5,8,10H,4,6,15H2,1-2H3. The highest BCUT2D eigenvalue weighted by molar-refractivity contribution is 5.32. The number of ether oxygens (including phenoxy) is 1. The van der Waals surface area contributed by atoms with E-state index >= 15 is 0 Å². The third-order valence-electron chi connectivity index (χ3n) is 2.44. The van der Waals surface area contributed by atoms with Gasteiger partial charge in [-0.15, -0.1) is 0 Å². The van der Waals surface area contributed by atoms with Gasteiger partial charge in [0.1, 0.15) is 6.61 Å². The summed E-state index contributed by atoms with van der Waals surface area (Å²) in [6.07, 6.45) is -0.668. The highest BCUT2D eigenvalue weighted by Gasteiger charge is 2.30. The highest BCUT2D eigenvalue weighted by Crippen LogP contribution is 2.24. The smallest absolute Gasteiger partial charge is 0.364 e. The second-order valence-electron chi connectivity index (χ2n) is 4.03. The molecule has 0 heterocycles. The molecule has 0 spiro atoms. The lowest BCUT2D eigenvalue weighted by Crippen LogP contribution is -2.27. The molecule has 0 aromatic heterocycles. The highest BCUT2D eigenvalue weighted by atomic mass is 19.4. The van der Waals surface area contributed by atoms with Crippen molar-refractivity contribution in [2.24, 2.45) is 5.73 Å². The Morgan fingerprint density at radius 2 is 2.19 bits per heavy atom. The minimum Gasteiger partial charge on any atom is -0.364 e. The molecule has 0 bridgehead atoms. The van der Waals surface area contributed by atoms with Crippen molar-refractivity contribution in [2.45, 2.75) is 38.6 Å². The quantitative estimate of drug-likeness (QED) is 0.816. The van der Waals surface area contributed by atoms with Crippen LogP contribution in [0.4, 0.5) is 13.2 Å². The van der Waals surface area contributed by atoms with Crippen LogP contribution in [0.25, 0.3) is 0 Å². The Labute approximate surface area is 93.0 Å². The van der Waals surface area contributed by atoms with Crippen molar-refractivity contribution in [1.82, 2.24) is 0 Å². The molecule has 0 aliphatic heterocycles. The zero-order valence-corrected chi connectivity index (χ0v) is 9.34. The first-order chi connectivity index (χ1) is 7.29. The molecule has 0 aromatic carbocycles. The molecule has 5 heteroatoms. The van der Waals surface area contributed by atoms with Crippen molar-refractivity contribution in [3.63, 3.8) is 0 Å². The van der Waals surface area contributed by atoms with Crippen molar-refractivity contribution >= 4 is 0 Å². The van der Waals surface area contributed by atoms with Crippen molar-refractivity contribution in [1.29, 1.82) is 0 Å². The molecule has 2 unspecified atom stereocenters. The minimum atomic E-state index is -4.27. The lowest BCUT2D eigenvalue weighted by Gasteiger charge is -2.23. The van der Waals surface area contributed by atoms with Gasteiger partial charge in [0.05, 0.1) is 6.10 Å². The Kier molecular flexibility index (Phi) is 4.15. The van der Waals surface area contributed by atoms with Gasteiger partial charge in [0.25, 0.3) is 0 Å². The maximum Gasteiger partial charge on any atom is 0.411 e. The fourth-order valence-corrected chi connectivity index (χ4v) is 1.56. The lowest BCUT2D eigenvalue weighted by molar-refractivity contribution is -0.181. The molecule has 1 aliphatic rings. The fraction of sp³-hybridized carbons (Fsp3) is 0.636. The largest absolute Gasteiger partial charge is 0.411 e. The van der Waals surface area contributed by atoms with E-state index in [-0.39, 0.29) is 6.04 Å². The number of rotatable bonds is 3. The Morgan fingerprint density at radius 1 is 1.56 bits per heavy atom. The van der Waals surface area contributed by atoms with Crippen LogP contribution in [-0.4, -0.2) is 24.9 Å². The van der Waals surface area contributed by atoms with E-state index in [2.05, 4.69) is 0 Å². The predicted molar refractivity (Wildman–Crippen MR) is 55.9 cm³/mol. The van der Waals surface area contributed by atoms with Crippen LogP contribution in [0, 0.1) is 0 Å². The average molecular weight is 235 g/mol. The van der Waals surface area contributed by atoms with E-state index in [9.17, 15) is 13.2 Å². The van der Waals surface area contributed by atoms with E-state index in [4.69, 9.17) is 10.5 Å². The summed E-state index contributed by atoms with van der Waals surface area (Å²) >= 11 is 0. The second-order valence-corrected chi connectivity index (χ2v) is 4.03. The molecule has 2 N–H and O–H groups in total. The molecule has 0 aromatic rings. The summed E-state index contributed by atoms with van der Waals surface area (Å²) in [6.45, 7) is 2.40. The first-order valence-corrected chi connectivity index (χ1v) is 5.12. The van der Waals surface area contributed by atoms with E-state index in [0.29, 0.717) is 6.42 Å². The Morgan fingerprint density at radius 3 is 2.62 bits per heavy atom. The Hall–Kier alpha value is -0.810. The summed E-state index contributed by atoms with van der Waals surface area (Å²) in [7, 11) is 0. The fourth-order valence-electron chi connectivity index (χ4n) is 1.56. The van der Waals surface area contributed by atoms with E-state index in [0.717, 1.165) is 11.1 Å². The van der Waals surface area contributed by atoms with Gasteiger partial charge >= 0.3 is 6.18 Å². The van der Waals surface area contributed by atoms with Crippen molar-refractivity contribution in [2.75, 3.05) is 6.61 Å². The van der Waals surface area contributed by atoms with E-state index in [1.54, 1.807) is 13.0 Å². The van der Waals surface area contributed by atoms with Crippen LogP contribution < -0.4 is 5.73 Å². The number of halogens is 3. The molecular formula is C11H16F3NO. The summed E-state index contributed by atoms with van der Waals surface area (Å²) in [4.78, 5) is 0. The summed E-state index contributed by atoms with van der Waals surface area (Å²) < 4.78 is 40.7. The van der Waals surface area contributed by atoms with Gasteiger partial charge < -0.3 is 10.5 Å².